The van der Waals surface area contributed by atoms with Crippen LogP contribution in [0.25, 0.3) is 0 Å². The second kappa shape index (κ2) is 5.33. The number of nitrogens with two attached hydrogens (primary N) is 1. The highest BCUT2D eigenvalue weighted by Gasteiger charge is 2.17. The molecule has 0 bridgehead atoms. The number of benzene rings is 1. The minimum absolute atomic E-state index is 0.00891. The molecule has 6 nitrogen and oxygen atoms in total. The van der Waals surface area contributed by atoms with E-state index in [1.807, 2.05) is 0 Å². The van der Waals surface area contributed by atoms with Gasteiger partial charge in [-0.1, -0.05) is 22.9 Å². The molecule has 0 aliphatic heterocycles. The van der Waals surface area contributed by atoms with Gasteiger partial charge in [-0.2, -0.15) is 0 Å². The van der Waals surface area contributed by atoms with E-state index in [-0.39, 0.29) is 23.8 Å². The van der Waals surface area contributed by atoms with Crippen LogP contribution in [0.15, 0.2) is 18.2 Å². The van der Waals surface area contributed by atoms with Gasteiger partial charge in [-0.15, -0.1) is 5.10 Å². The molecular weight excluding hydrogens is 275 g/mol. The summed E-state index contributed by atoms with van der Waals surface area (Å²) in [6.07, 6.45) is 0. The predicted molar refractivity (Wildman–Crippen MR) is 65.4 cm³/mol. The zero-order valence-electron chi connectivity index (χ0n) is 9.68. The molecular formula is C11H10ClFN4O2. The summed E-state index contributed by atoms with van der Waals surface area (Å²) in [7, 11) is 0. The van der Waals surface area contributed by atoms with Crippen molar-refractivity contribution >= 4 is 17.6 Å². The Balaban J connectivity index is 2.33. The smallest absolute Gasteiger partial charge is 0.358 e. The van der Waals surface area contributed by atoms with Crippen LogP contribution >= 0.6 is 11.6 Å². The lowest BCUT2D eigenvalue weighted by Gasteiger charge is -2.06. The fourth-order valence-electron chi connectivity index (χ4n) is 1.64. The number of aromatic carboxylic acids is 1. The molecule has 0 saturated carbocycles. The third-order valence-corrected chi connectivity index (χ3v) is 2.84. The van der Waals surface area contributed by atoms with Crippen LogP contribution in [0.1, 0.15) is 21.7 Å². The first-order chi connectivity index (χ1) is 9.02. The molecule has 3 N–H and O–H groups in total. The van der Waals surface area contributed by atoms with E-state index in [1.165, 1.54) is 22.9 Å². The number of carboxylic acids is 1. The molecule has 0 aliphatic rings. The highest BCUT2D eigenvalue weighted by molar-refractivity contribution is 6.30. The van der Waals surface area contributed by atoms with Gasteiger partial charge in [0.05, 0.1) is 17.3 Å². The Bertz CT molecular complexity index is 629. The van der Waals surface area contributed by atoms with Crippen LogP contribution in [0.5, 0.6) is 0 Å². The summed E-state index contributed by atoms with van der Waals surface area (Å²) < 4.78 is 14.4. The first kappa shape index (κ1) is 13.4. The summed E-state index contributed by atoms with van der Waals surface area (Å²) in [5, 5.41) is 16.2. The van der Waals surface area contributed by atoms with Gasteiger partial charge in [-0.05, 0) is 17.7 Å². The number of hydrogen-bond donors (Lipinski definition) is 2. The van der Waals surface area contributed by atoms with Gasteiger partial charge < -0.3 is 10.8 Å². The van der Waals surface area contributed by atoms with E-state index < -0.39 is 11.8 Å². The van der Waals surface area contributed by atoms with E-state index in [9.17, 15) is 9.18 Å². The number of aromatic nitrogens is 3. The lowest BCUT2D eigenvalue weighted by molar-refractivity contribution is 0.0689. The average Bonchev–Trinajstić information content (AvgIpc) is 2.76. The molecule has 0 unspecified atom stereocenters. The van der Waals surface area contributed by atoms with Crippen LogP contribution in [0.4, 0.5) is 4.39 Å². The van der Waals surface area contributed by atoms with Gasteiger partial charge in [-0.25, -0.2) is 13.9 Å². The van der Waals surface area contributed by atoms with E-state index in [4.69, 9.17) is 22.4 Å². The fraction of sp³-hybridized carbons (Fsp3) is 0.182. The van der Waals surface area contributed by atoms with Crippen molar-refractivity contribution in [3.63, 3.8) is 0 Å². The molecule has 100 valence electrons. The Morgan fingerprint density at radius 2 is 2.26 bits per heavy atom. The van der Waals surface area contributed by atoms with Crippen molar-refractivity contribution in [1.82, 2.24) is 15.0 Å². The van der Waals surface area contributed by atoms with Gasteiger partial charge in [-0.3, -0.25) is 0 Å². The molecule has 0 radical (unpaired) electrons. The highest BCUT2D eigenvalue weighted by Crippen LogP contribution is 2.17. The monoisotopic (exact) mass is 284 g/mol. The van der Waals surface area contributed by atoms with Crippen LogP contribution in [0.2, 0.25) is 5.02 Å². The van der Waals surface area contributed by atoms with Gasteiger partial charge in [0.15, 0.2) is 5.69 Å². The van der Waals surface area contributed by atoms with E-state index in [0.29, 0.717) is 11.3 Å². The second-order valence-electron chi connectivity index (χ2n) is 3.80. The van der Waals surface area contributed by atoms with Gasteiger partial charge >= 0.3 is 5.97 Å². The maximum Gasteiger partial charge on any atom is 0.358 e. The number of carbonyl (C=O) groups is 1. The summed E-state index contributed by atoms with van der Waals surface area (Å²) >= 11 is 5.67. The Kier molecular flexibility index (Phi) is 3.77. The van der Waals surface area contributed by atoms with Gasteiger partial charge in [0, 0.05) is 6.54 Å². The summed E-state index contributed by atoms with van der Waals surface area (Å²) in [5.41, 5.74) is 6.28. The van der Waals surface area contributed by atoms with Crippen molar-refractivity contribution < 1.29 is 14.3 Å². The number of carboxylic acid groups (broad SMARTS) is 1. The zero-order valence-corrected chi connectivity index (χ0v) is 10.4. The van der Waals surface area contributed by atoms with Crippen molar-refractivity contribution in [2.75, 3.05) is 0 Å². The molecule has 19 heavy (non-hydrogen) atoms. The van der Waals surface area contributed by atoms with Gasteiger partial charge in [0.2, 0.25) is 0 Å². The maximum absolute atomic E-state index is 13.0. The highest BCUT2D eigenvalue weighted by atomic mass is 35.5. The van der Waals surface area contributed by atoms with Crippen molar-refractivity contribution in [3.05, 3.63) is 46.0 Å². The van der Waals surface area contributed by atoms with Crippen LogP contribution < -0.4 is 5.73 Å². The van der Waals surface area contributed by atoms with E-state index in [2.05, 4.69) is 10.3 Å². The van der Waals surface area contributed by atoms with Crippen LogP contribution in [-0.2, 0) is 13.1 Å². The molecule has 0 atom stereocenters. The molecule has 2 rings (SSSR count). The summed E-state index contributed by atoms with van der Waals surface area (Å²) in [6, 6.07) is 4.21. The standard InChI is InChI=1S/C11H10ClFN4O2/c12-7-3-6(1-2-8(7)13)5-17-9(4-14)10(11(18)19)15-16-17/h1-3H,4-5,14H2,(H,18,19). The average molecular weight is 285 g/mol. The number of hydrogen-bond acceptors (Lipinski definition) is 4. The largest absolute Gasteiger partial charge is 0.476 e. The van der Waals surface area contributed by atoms with E-state index in [0.717, 1.165) is 0 Å². The Hall–Kier alpha value is -1.99. The first-order valence-corrected chi connectivity index (χ1v) is 5.70. The Labute approximate surface area is 112 Å². The van der Waals surface area contributed by atoms with Crippen molar-refractivity contribution in [2.45, 2.75) is 13.1 Å². The molecule has 2 aromatic rings. The number of rotatable bonds is 4. The lowest BCUT2D eigenvalue weighted by Crippen LogP contribution is -2.13. The molecule has 0 amide bonds. The van der Waals surface area contributed by atoms with Crippen molar-refractivity contribution in [2.24, 2.45) is 5.73 Å². The Morgan fingerprint density at radius 3 is 2.84 bits per heavy atom. The van der Waals surface area contributed by atoms with E-state index in [1.54, 1.807) is 0 Å². The molecule has 8 heteroatoms. The molecule has 1 aromatic heterocycles. The van der Waals surface area contributed by atoms with Crippen LogP contribution in [0, 0.1) is 5.82 Å². The minimum Gasteiger partial charge on any atom is -0.476 e. The summed E-state index contributed by atoms with van der Waals surface area (Å²) in [5.74, 6) is -1.71. The third kappa shape index (κ3) is 2.72. The lowest BCUT2D eigenvalue weighted by atomic mass is 10.2. The molecule has 0 saturated heterocycles. The van der Waals surface area contributed by atoms with Crippen molar-refractivity contribution in [1.29, 1.82) is 0 Å². The molecule has 0 spiro atoms. The SMILES string of the molecule is NCc1c(C(=O)O)nnn1Cc1ccc(F)c(Cl)c1. The number of halogens is 2. The molecule has 1 heterocycles. The van der Waals surface area contributed by atoms with E-state index >= 15 is 0 Å². The van der Waals surface area contributed by atoms with Gasteiger partial charge in [0.25, 0.3) is 0 Å². The molecule has 0 aliphatic carbocycles. The van der Waals surface area contributed by atoms with Crippen molar-refractivity contribution in [3.8, 4) is 0 Å². The first-order valence-electron chi connectivity index (χ1n) is 5.32. The zero-order chi connectivity index (χ0) is 14.0. The molecule has 0 fully saturated rings. The quantitative estimate of drug-likeness (QED) is 0.882. The summed E-state index contributed by atoms with van der Waals surface area (Å²) in [6.45, 7) is 0.205. The molecule has 1 aromatic carbocycles. The fourth-order valence-corrected chi connectivity index (χ4v) is 1.84. The third-order valence-electron chi connectivity index (χ3n) is 2.55. The minimum atomic E-state index is -1.19. The predicted octanol–water partition coefficient (Wildman–Crippen LogP) is 1.28. The van der Waals surface area contributed by atoms with Crippen LogP contribution in [-0.4, -0.2) is 26.1 Å². The maximum atomic E-state index is 13.0. The van der Waals surface area contributed by atoms with Crippen LogP contribution in [0.3, 0.4) is 0 Å². The van der Waals surface area contributed by atoms with Gasteiger partial charge in [0.1, 0.15) is 5.82 Å². The topological polar surface area (TPSA) is 94.0 Å². The number of nitrogens with zero attached hydrogens (tertiary/aromatic N) is 3. The Morgan fingerprint density at radius 1 is 1.53 bits per heavy atom. The summed E-state index contributed by atoms with van der Waals surface area (Å²) in [4.78, 5) is 10.9. The normalized spacial score (nSPS) is 10.7. The second-order valence-corrected chi connectivity index (χ2v) is 4.21.